The fourth-order valence-corrected chi connectivity index (χ4v) is 2.45. The molecule has 23 heavy (non-hydrogen) atoms. The van der Waals surface area contributed by atoms with Gasteiger partial charge in [-0.25, -0.2) is 17.6 Å². The number of ketones is 1. The van der Waals surface area contributed by atoms with Crippen molar-refractivity contribution < 1.29 is 32.3 Å². The van der Waals surface area contributed by atoms with Crippen LogP contribution in [0.15, 0.2) is 12.1 Å². The van der Waals surface area contributed by atoms with E-state index in [9.17, 15) is 27.2 Å². The molecule has 0 saturated carbocycles. The van der Waals surface area contributed by atoms with Crippen LogP contribution in [0.4, 0.5) is 23.2 Å². The molecule has 1 N–H and O–H groups in total. The molecule has 0 unspecified atom stereocenters. The number of carboxylic acids is 1. The van der Waals surface area contributed by atoms with E-state index in [2.05, 4.69) is 0 Å². The van der Waals surface area contributed by atoms with E-state index in [-0.39, 0.29) is 25.1 Å². The van der Waals surface area contributed by atoms with Crippen LogP contribution in [0.5, 0.6) is 0 Å². The normalized spacial score (nSPS) is 17.1. The summed E-state index contributed by atoms with van der Waals surface area (Å²) in [5.41, 5.74) is -0.706. The van der Waals surface area contributed by atoms with Gasteiger partial charge in [0.15, 0.2) is 5.78 Å². The minimum atomic E-state index is -2.84. The van der Waals surface area contributed by atoms with E-state index in [1.807, 2.05) is 0 Å². The standard InChI is InChI=1S/C15H15F4NO3/c16-10-7-9(12(21)1-2-13(22)23)8-11(17)14(10)20-5-3-15(18,19)4-6-20/h7-8H,1-6H2,(H,22,23). The Hall–Kier alpha value is -2.12. The monoisotopic (exact) mass is 333 g/mol. The van der Waals surface area contributed by atoms with Crippen molar-refractivity contribution in [1.82, 2.24) is 0 Å². The van der Waals surface area contributed by atoms with Gasteiger partial charge in [-0.3, -0.25) is 9.59 Å². The van der Waals surface area contributed by atoms with Crippen molar-refractivity contribution in [1.29, 1.82) is 0 Å². The molecule has 1 fully saturated rings. The number of benzene rings is 1. The number of alkyl halides is 2. The largest absolute Gasteiger partial charge is 0.481 e. The number of rotatable bonds is 5. The van der Waals surface area contributed by atoms with Crippen molar-refractivity contribution in [3.05, 3.63) is 29.3 Å². The number of carboxylic acid groups (broad SMARTS) is 1. The van der Waals surface area contributed by atoms with Gasteiger partial charge >= 0.3 is 5.97 Å². The quantitative estimate of drug-likeness (QED) is 0.664. The molecule has 1 saturated heterocycles. The molecular formula is C15H15F4NO3. The van der Waals surface area contributed by atoms with Crippen molar-refractivity contribution >= 4 is 17.4 Å². The number of Topliss-reactive ketones (excluding diaryl/α,β-unsaturated/α-hetero) is 1. The molecule has 0 radical (unpaired) electrons. The molecule has 1 aromatic rings. The molecule has 2 rings (SSSR count). The van der Waals surface area contributed by atoms with Gasteiger partial charge in [-0.05, 0) is 12.1 Å². The summed E-state index contributed by atoms with van der Waals surface area (Å²) in [5, 5.41) is 8.51. The van der Waals surface area contributed by atoms with E-state index in [0.717, 1.165) is 12.1 Å². The van der Waals surface area contributed by atoms with Crippen molar-refractivity contribution in [3.63, 3.8) is 0 Å². The number of halogens is 4. The maximum absolute atomic E-state index is 14.1. The highest BCUT2D eigenvalue weighted by Crippen LogP contribution is 2.33. The van der Waals surface area contributed by atoms with Crippen LogP contribution >= 0.6 is 0 Å². The van der Waals surface area contributed by atoms with E-state index in [4.69, 9.17) is 5.11 Å². The fraction of sp³-hybridized carbons (Fsp3) is 0.467. The molecule has 0 aliphatic carbocycles. The Morgan fingerprint density at radius 1 is 1.09 bits per heavy atom. The molecule has 0 amide bonds. The zero-order chi connectivity index (χ0) is 17.2. The highest BCUT2D eigenvalue weighted by Gasteiger charge is 2.35. The van der Waals surface area contributed by atoms with Crippen LogP contribution in [0.25, 0.3) is 0 Å². The number of aliphatic carboxylic acids is 1. The van der Waals surface area contributed by atoms with E-state index < -0.39 is 54.3 Å². The Kier molecular flexibility index (Phi) is 4.91. The van der Waals surface area contributed by atoms with Gasteiger partial charge in [-0.15, -0.1) is 0 Å². The van der Waals surface area contributed by atoms with Gasteiger partial charge in [0.2, 0.25) is 0 Å². The highest BCUT2D eigenvalue weighted by atomic mass is 19.3. The second kappa shape index (κ2) is 6.55. The van der Waals surface area contributed by atoms with Gasteiger partial charge in [-0.2, -0.15) is 0 Å². The smallest absolute Gasteiger partial charge is 0.303 e. The molecule has 1 heterocycles. The van der Waals surface area contributed by atoms with Gasteiger partial charge in [0.05, 0.1) is 6.42 Å². The Bertz CT molecular complexity index is 600. The van der Waals surface area contributed by atoms with Crippen LogP contribution in [0.3, 0.4) is 0 Å². The minimum absolute atomic E-state index is 0.187. The van der Waals surface area contributed by atoms with Gasteiger partial charge in [-0.1, -0.05) is 0 Å². The van der Waals surface area contributed by atoms with Gasteiger partial charge in [0.25, 0.3) is 5.92 Å². The lowest BCUT2D eigenvalue weighted by molar-refractivity contribution is -0.136. The topological polar surface area (TPSA) is 57.6 Å². The molecular weight excluding hydrogens is 318 g/mol. The van der Waals surface area contributed by atoms with Crippen LogP contribution in [0.1, 0.15) is 36.0 Å². The predicted molar refractivity (Wildman–Crippen MR) is 74.0 cm³/mol. The summed E-state index contributed by atoms with van der Waals surface area (Å²) in [6, 6.07) is 1.63. The molecule has 126 valence electrons. The number of carbonyl (C=O) groups is 2. The predicted octanol–water partition coefficient (Wildman–Crippen LogP) is 3.25. The van der Waals surface area contributed by atoms with E-state index in [0.29, 0.717) is 0 Å². The maximum atomic E-state index is 14.1. The third kappa shape index (κ3) is 4.20. The van der Waals surface area contributed by atoms with Crippen molar-refractivity contribution in [2.24, 2.45) is 0 Å². The summed E-state index contributed by atoms with van der Waals surface area (Å²) in [6.07, 6.45) is -1.80. The highest BCUT2D eigenvalue weighted by molar-refractivity contribution is 5.97. The number of piperidine rings is 1. The summed E-state index contributed by atoms with van der Waals surface area (Å²) in [5.74, 6) is -6.76. The molecule has 8 heteroatoms. The third-order valence-corrected chi connectivity index (χ3v) is 3.72. The minimum Gasteiger partial charge on any atom is -0.481 e. The Morgan fingerprint density at radius 2 is 1.61 bits per heavy atom. The number of hydrogen-bond acceptors (Lipinski definition) is 3. The summed E-state index contributed by atoms with van der Waals surface area (Å²) in [4.78, 5) is 23.3. The Balaban J connectivity index is 2.18. The first-order valence-corrected chi connectivity index (χ1v) is 7.06. The van der Waals surface area contributed by atoms with Gasteiger partial charge in [0, 0.05) is 37.9 Å². The number of nitrogens with zero attached hydrogens (tertiary/aromatic N) is 1. The van der Waals surface area contributed by atoms with E-state index in [1.54, 1.807) is 0 Å². The molecule has 0 atom stereocenters. The number of hydrogen-bond donors (Lipinski definition) is 1. The SMILES string of the molecule is O=C(O)CCC(=O)c1cc(F)c(N2CCC(F)(F)CC2)c(F)c1. The first-order chi connectivity index (χ1) is 10.7. The van der Waals surface area contributed by atoms with Crippen molar-refractivity contribution in [2.75, 3.05) is 18.0 Å². The summed E-state index contributed by atoms with van der Waals surface area (Å²) >= 11 is 0. The lowest BCUT2D eigenvalue weighted by Gasteiger charge is -2.33. The van der Waals surface area contributed by atoms with E-state index in [1.165, 1.54) is 4.90 Å². The number of carbonyl (C=O) groups excluding carboxylic acids is 1. The average molecular weight is 333 g/mol. The average Bonchev–Trinajstić information content (AvgIpc) is 2.45. The fourth-order valence-electron chi connectivity index (χ4n) is 2.45. The molecule has 1 aromatic carbocycles. The first-order valence-electron chi connectivity index (χ1n) is 7.06. The summed E-state index contributed by atoms with van der Waals surface area (Å²) < 4.78 is 54.4. The Labute approximate surface area is 129 Å². The summed E-state index contributed by atoms with van der Waals surface area (Å²) in [6.45, 7) is -0.375. The second-order valence-electron chi connectivity index (χ2n) is 5.45. The first kappa shape index (κ1) is 17.2. The molecule has 0 aromatic heterocycles. The maximum Gasteiger partial charge on any atom is 0.303 e. The lowest BCUT2D eigenvalue weighted by Crippen LogP contribution is -2.40. The molecule has 1 aliphatic heterocycles. The van der Waals surface area contributed by atoms with Gasteiger partial charge in [0.1, 0.15) is 17.3 Å². The van der Waals surface area contributed by atoms with Crippen LogP contribution in [-0.4, -0.2) is 35.9 Å². The van der Waals surface area contributed by atoms with Crippen LogP contribution in [0.2, 0.25) is 0 Å². The van der Waals surface area contributed by atoms with E-state index >= 15 is 0 Å². The molecule has 0 bridgehead atoms. The van der Waals surface area contributed by atoms with Gasteiger partial charge < -0.3 is 10.0 Å². The number of anilines is 1. The lowest BCUT2D eigenvalue weighted by atomic mass is 10.0. The van der Waals surface area contributed by atoms with Crippen LogP contribution < -0.4 is 4.90 Å². The molecule has 0 spiro atoms. The zero-order valence-corrected chi connectivity index (χ0v) is 12.1. The third-order valence-electron chi connectivity index (χ3n) is 3.72. The Morgan fingerprint density at radius 3 is 2.09 bits per heavy atom. The molecule has 1 aliphatic rings. The zero-order valence-electron chi connectivity index (χ0n) is 12.1. The van der Waals surface area contributed by atoms with Crippen molar-refractivity contribution in [3.8, 4) is 0 Å². The second-order valence-corrected chi connectivity index (χ2v) is 5.45. The summed E-state index contributed by atoms with van der Waals surface area (Å²) in [7, 11) is 0. The van der Waals surface area contributed by atoms with Crippen LogP contribution in [0, 0.1) is 11.6 Å². The van der Waals surface area contributed by atoms with Crippen molar-refractivity contribution in [2.45, 2.75) is 31.6 Å². The van der Waals surface area contributed by atoms with Crippen LogP contribution in [-0.2, 0) is 4.79 Å². The molecule has 4 nitrogen and oxygen atoms in total.